The summed E-state index contributed by atoms with van der Waals surface area (Å²) in [4.78, 5) is 25.7. The quantitative estimate of drug-likeness (QED) is 0.843. The van der Waals surface area contributed by atoms with Gasteiger partial charge in [-0.2, -0.15) is 0 Å². The van der Waals surface area contributed by atoms with E-state index in [1.165, 1.54) is 0 Å². The lowest BCUT2D eigenvalue weighted by Crippen LogP contribution is -2.52. The molecule has 1 fully saturated rings. The third kappa shape index (κ3) is 4.87. The zero-order chi connectivity index (χ0) is 19.2. The van der Waals surface area contributed by atoms with Gasteiger partial charge in [0.1, 0.15) is 23.2 Å². The molecule has 1 saturated heterocycles. The van der Waals surface area contributed by atoms with Crippen LogP contribution in [0, 0.1) is 6.92 Å². The maximum atomic E-state index is 12.7. The molecule has 2 heterocycles. The van der Waals surface area contributed by atoms with E-state index in [-0.39, 0.29) is 5.91 Å². The Labute approximate surface area is 160 Å². The van der Waals surface area contributed by atoms with Crippen LogP contribution < -0.4 is 15.0 Å². The van der Waals surface area contributed by atoms with Gasteiger partial charge in [0, 0.05) is 38.8 Å². The summed E-state index contributed by atoms with van der Waals surface area (Å²) < 4.78 is 5.77. The van der Waals surface area contributed by atoms with Crippen LogP contribution in [0.3, 0.4) is 0 Å². The summed E-state index contributed by atoms with van der Waals surface area (Å²) in [5.74, 6) is 3.21. The van der Waals surface area contributed by atoms with Crippen LogP contribution in [-0.4, -0.2) is 59.6 Å². The average molecular weight is 369 g/mol. The third-order valence-corrected chi connectivity index (χ3v) is 4.50. The van der Waals surface area contributed by atoms with Crippen LogP contribution >= 0.6 is 0 Å². The molecule has 1 aromatic heterocycles. The largest absolute Gasteiger partial charge is 0.481 e. The van der Waals surface area contributed by atoms with Crippen LogP contribution in [-0.2, 0) is 4.79 Å². The summed E-state index contributed by atoms with van der Waals surface area (Å²) in [6, 6.07) is 11.4. The zero-order valence-electron chi connectivity index (χ0n) is 16.2. The Hall–Kier alpha value is -2.83. The number of nitrogens with one attached hydrogen (secondary N) is 1. The predicted octanol–water partition coefficient (Wildman–Crippen LogP) is 2.33. The monoisotopic (exact) mass is 369 g/mol. The second-order valence-corrected chi connectivity index (χ2v) is 6.57. The lowest BCUT2D eigenvalue weighted by atomic mass is 10.2. The van der Waals surface area contributed by atoms with Crippen LogP contribution in [0.25, 0.3) is 0 Å². The number of aryl methyl sites for hydroxylation is 1. The summed E-state index contributed by atoms with van der Waals surface area (Å²) in [7, 11) is 0. The molecule has 2 aromatic rings. The number of carbonyl (C=O) groups is 1. The number of anilines is 2. The minimum absolute atomic E-state index is 0.0192. The fraction of sp³-hybridized carbons (Fsp3) is 0.450. The van der Waals surface area contributed by atoms with Crippen LogP contribution in [0.2, 0.25) is 0 Å². The number of nitrogens with zero attached hydrogens (tertiary/aromatic N) is 4. The Bertz CT molecular complexity index is 760. The van der Waals surface area contributed by atoms with Crippen molar-refractivity contribution < 1.29 is 9.53 Å². The van der Waals surface area contributed by atoms with Crippen molar-refractivity contribution >= 4 is 17.5 Å². The van der Waals surface area contributed by atoms with Gasteiger partial charge in [0.2, 0.25) is 0 Å². The summed E-state index contributed by atoms with van der Waals surface area (Å²) >= 11 is 0. The number of rotatable bonds is 6. The average Bonchev–Trinajstić information content (AvgIpc) is 2.68. The molecule has 1 aliphatic heterocycles. The Morgan fingerprint density at radius 1 is 1.19 bits per heavy atom. The van der Waals surface area contributed by atoms with E-state index < -0.39 is 6.10 Å². The first-order chi connectivity index (χ1) is 13.1. The van der Waals surface area contributed by atoms with Crippen molar-refractivity contribution in [2.75, 3.05) is 42.9 Å². The number of aromatic nitrogens is 2. The summed E-state index contributed by atoms with van der Waals surface area (Å²) in [5, 5.41) is 3.23. The molecule has 144 valence electrons. The van der Waals surface area contributed by atoms with Crippen molar-refractivity contribution in [2.24, 2.45) is 0 Å². The van der Waals surface area contributed by atoms with Gasteiger partial charge < -0.3 is 19.9 Å². The Morgan fingerprint density at radius 3 is 2.56 bits per heavy atom. The molecule has 1 N–H and O–H groups in total. The SMILES string of the molecule is CCNc1cc(N2CCN(C(=O)[C@H](C)Oc3ccccc3)CC2)nc(C)n1. The van der Waals surface area contributed by atoms with Crippen molar-refractivity contribution in [3.05, 3.63) is 42.2 Å². The van der Waals surface area contributed by atoms with Crippen molar-refractivity contribution in [1.29, 1.82) is 0 Å². The number of hydrogen-bond donors (Lipinski definition) is 1. The number of carbonyl (C=O) groups excluding carboxylic acids is 1. The lowest BCUT2D eigenvalue weighted by Gasteiger charge is -2.36. The van der Waals surface area contributed by atoms with E-state index in [0.717, 1.165) is 37.1 Å². The zero-order valence-corrected chi connectivity index (χ0v) is 16.2. The van der Waals surface area contributed by atoms with Crippen LogP contribution in [0.1, 0.15) is 19.7 Å². The van der Waals surface area contributed by atoms with Crippen molar-refractivity contribution in [2.45, 2.75) is 26.9 Å². The molecule has 1 aromatic carbocycles. The van der Waals surface area contributed by atoms with Crippen LogP contribution in [0.5, 0.6) is 5.75 Å². The molecule has 0 spiro atoms. The summed E-state index contributed by atoms with van der Waals surface area (Å²) in [6.07, 6.45) is -0.499. The molecule has 0 bridgehead atoms. The van der Waals surface area contributed by atoms with E-state index in [9.17, 15) is 4.79 Å². The highest BCUT2D eigenvalue weighted by molar-refractivity contribution is 5.81. The standard InChI is InChI=1S/C20H27N5O2/c1-4-21-18-14-19(23-16(3)22-18)24-10-12-25(13-11-24)20(26)15(2)27-17-8-6-5-7-9-17/h5-9,14-15H,4,10-13H2,1-3H3,(H,21,22,23)/t15-/m0/s1. The molecule has 1 atom stereocenters. The molecule has 7 heteroatoms. The summed E-state index contributed by atoms with van der Waals surface area (Å²) in [6.45, 7) is 9.35. The normalized spacial score (nSPS) is 15.4. The van der Waals surface area contributed by atoms with Crippen molar-refractivity contribution in [1.82, 2.24) is 14.9 Å². The van der Waals surface area contributed by atoms with Gasteiger partial charge in [-0.15, -0.1) is 0 Å². The van der Waals surface area contributed by atoms with E-state index in [1.807, 2.05) is 55.1 Å². The first-order valence-corrected chi connectivity index (χ1v) is 9.42. The Kier molecular flexibility index (Phi) is 6.11. The second-order valence-electron chi connectivity index (χ2n) is 6.57. The molecular formula is C20H27N5O2. The Balaban J connectivity index is 1.57. The number of piperazine rings is 1. The highest BCUT2D eigenvalue weighted by Crippen LogP contribution is 2.19. The maximum Gasteiger partial charge on any atom is 0.263 e. The van der Waals surface area contributed by atoms with Gasteiger partial charge in [-0.05, 0) is 32.9 Å². The van der Waals surface area contributed by atoms with Crippen LogP contribution in [0.15, 0.2) is 36.4 Å². The molecule has 7 nitrogen and oxygen atoms in total. The molecule has 0 aliphatic carbocycles. The number of para-hydroxylation sites is 1. The highest BCUT2D eigenvalue weighted by atomic mass is 16.5. The first kappa shape index (κ1) is 18.9. The van der Waals surface area contributed by atoms with Gasteiger partial charge in [-0.3, -0.25) is 4.79 Å². The van der Waals surface area contributed by atoms with Crippen molar-refractivity contribution in [3.8, 4) is 5.75 Å². The fourth-order valence-corrected chi connectivity index (χ4v) is 3.15. The smallest absolute Gasteiger partial charge is 0.263 e. The molecular weight excluding hydrogens is 342 g/mol. The molecule has 27 heavy (non-hydrogen) atoms. The van der Waals surface area contributed by atoms with Crippen LogP contribution in [0.4, 0.5) is 11.6 Å². The van der Waals surface area contributed by atoms with Crippen molar-refractivity contribution in [3.63, 3.8) is 0 Å². The molecule has 0 unspecified atom stereocenters. The van der Waals surface area contributed by atoms with E-state index in [1.54, 1.807) is 6.92 Å². The molecule has 1 amide bonds. The predicted molar refractivity (Wildman–Crippen MR) is 106 cm³/mol. The van der Waals surface area contributed by atoms with Gasteiger partial charge in [0.15, 0.2) is 6.10 Å². The van der Waals surface area contributed by atoms with E-state index in [0.29, 0.717) is 18.8 Å². The number of ether oxygens (including phenoxy) is 1. The number of benzene rings is 1. The van der Waals surface area contributed by atoms with Gasteiger partial charge in [0.25, 0.3) is 5.91 Å². The fourth-order valence-electron chi connectivity index (χ4n) is 3.15. The number of amides is 1. The van der Waals surface area contributed by atoms with Gasteiger partial charge >= 0.3 is 0 Å². The van der Waals surface area contributed by atoms with Gasteiger partial charge in [-0.25, -0.2) is 9.97 Å². The van der Waals surface area contributed by atoms with Gasteiger partial charge in [0.05, 0.1) is 0 Å². The minimum atomic E-state index is -0.499. The molecule has 1 aliphatic rings. The Morgan fingerprint density at radius 2 is 1.89 bits per heavy atom. The topological polar surface area (TPSA) is 70.6 Å². The minimum Gasteiger partial charge on any atom is -0.481 e. The highest BCUT2D eigenvalue weighted by Gasteiger charge is 2.26. The molecule has 0 saturated carbocycles. The van der Waals surface area contributed by atoms with E-state index >= 15 is 0 Å². The molecule has 3 rings (SSSR count). The van der Waals surface area contributed by atoms with E-state index in [2.05, 4.69) is 20.2 Å². The van der Waals surface area contributed by atoms with E-state index in [4.69, 9.17) is 4.74 Å². The summed E-state index contributed by atoms with van der Waals surface area (Å²) in [5.41, 5.74) is 0. The first-order valence-electron chi connectivity index (χ1n) is 9.42. The number of hydrogen-bond acceptors (Lipinski definition) is 6. The third-order valence-electron chi connectivity index (χ3n) is 4.50. The van der Waals surface area contributed by atoms with Gasteiger partial charge in [-0.1, -0.05) is 18.2 Å². The lowest BCUT2D eigenvalue weighted by molar-refractivity contribution is -0.138. The molecule has 0 radical (unpaired) electrons. The maximum absolute atomic E-state index is 12.7. The second kappa shape index (κ2) is 8.70.